The Balaban J connectivity index is 2.06. The summed E-state index contributed by atoms with van der Waals surface area (Å²) in [5, 5.41) is 4.85. The molecule has 1 aliphatic heterocycles. The van der Waals surface area contributed by atoms with Crippen molar-refractivity contribution >= 4 is 17.5 Å². The van der Waals surface area contributed by atoms with Gasteiger partial charge in [-0.1, -0.05) is 11.6 Å². The second kappa shape index (κ2) is 5.31. The van der Waals surface area contributed by atoms with Gasteiger partial charge in [0.15, 0.2) is 0 Å². The van der Waals surface area contributed by atoms with Crippen LogP contribution in [0.15, 0.2) is 6.20 Å². The molecule has 1 saturated heterocycles. The number of aromatic nitrogens is 2. The fourth-order valence-corrected chi connectivity index (χ4v) is 2.86. The maximum Gasteiger partial charge on any atom is 0.244 e. The lowest BCUT2D eigenvalue weighted by Crippen LogP contribution is -2.48. The van der Waals surface area contributed by atoms with E-state index in [-0.39, 0.29) is 12.5 Å². The second-order valence-electron chi connectivity index (χ2n) is 5.19. The Labute approximate surface area is 113 Å². The third-order valence-electron chi connectivity index (χ3n) is 3.67. The summed E-state index contributed by atoms with van der Waals surface area (Å²) in [5.74, 6) is 0.133. The first-order valence-corrected chi connectivity index (χ1v) is 6.87. The Kier molecular flexibility index (Phi) is 3.95. The number of halogens is 1. The van der Waals surface area contributed by atoms with Crippen LogP contribution >= 0.6 is 11.6 Å². The van der Waals surface area contributed by atoms with Crippen molar-refractivity contribution in [1.82, 2.24) is 14.7 Å². The van der Waals surface area contributed by atoms with E-state index in [1.54, 1.807) is 10.9 Å². The zero-order valence-electron chi connectivity index (χ0n) is 11.2. The van der Waals surface area contributed by atoms with Gasteiger partial charge in [-0.3, -0.25) is 9.48 Å². The molecule has 2 rings (SSSR count). The Bertz CT molecular complexity index is 414. The predicted molar refractivity (Wildman–Crippen MR) is 71.6 cm³/mol. The molecule has 0 bridgehead atoms. The third kappa shape index (κ3) is 2.69. The van der Waals surface area contributed by atoms with E-state index in [9.17, 15) is 4.79 Å². The Morgan fingerprint density at radius 3 is 2.56 bits per heavy atom. The molecule has 5 heteroatoms. The number of amides is 1. The molecule has 1 fully saturated rings. The topological polar surface area (TPSA) is 38.1 Å². The number of hydrogen-bond donors (Lipinski definition) is 0. The van der Waals surface area contributed by atoms with E-state index >= 15 is 0 Å². The lowest BCUT2D eigenvalue weighted by atomic mass is 9.97. The molecule has 0 saturated carbocycles. The highest BCUT2D eigenvalue weighted by Gasteiger charge is 2.28. The van der Waals surface area contributed by atoms with E-state index in [1.807, 2.05) is 11.8 Å². The largest absolute Gasteiger partial charge is 0.336 e. The standard InChI is InChI=1S/C13H20ClN3O/c1-9-5-4-6-10(2)17(9)13(18)8-16-7-12(14)11(3)15-16/h7,9-10H,4-6,8H2,1-3H3/t9-,10-/m0/s1. The monoisotopic (exact) mass is 269 g/mol. The molecule has 1 aromatic heterocycles. The number of piperidine rings is 1. The summed E-state index contributed by atoms with van der Waals surface area (Å²) in [4.78, 5) is 14.3. The molecule has 1 aromatic rings. The van der Waals surface area contributed by atoms with Gasteiger partial charge in [-0.05, 0) is 40.0 Å². The Morgan fingerprint density at radius 1 is 1.44 bits per heavy atom. The van der Waals surface area contributed by atoms with Crippen LogP contribution in [0.5, 0.6) is 0 Å². The van der Waals surface area contributed by atoms with Crippen LogP contribution in [0.25, 0.3) is 0 Å². The molecule has 2 atom stereocenters. The van der Waals surface area contributed by atoms with Crippen molar-refractivity contribution in [3.63, 3.8) is 0 Å². The number of carbonyl (C=O) groups excluding carboxylic acids is 1. The normalized spacial score (nSPS) is 24.3. The highest BCUT2D eigenvalue weighted by Crippen LogP contribution is 2.23. The molecule has 0 N–H and O–H groups in total. The van der Waals surface area contributed by atoms with E-state index in [0.29, 0.717) is 17.1 Å². The van der Waals surface area contributed by atoms with Crippen molar-refractivity contribution in [2.24, 2.45) is 0 Å². The van der Waals surface area contributed by atoms with E-state index < -0.39 is 0 Å². The first-order chi connectivity index (χ1) is 8.49. The number of hydrogen-bond acceptors (Lipinski definition) is 2. The number of likely N-dealkylation sites (tertiary alicyclic amines) is 1. The maximum absolute atomic E-state index is 12.3. The van der Waals surface area contributed by atoms with Gasteiger partial charge in [-0.2, -0.15) is 5.10 Å². The molecule has 0 radical (unpaired) electrons. The van der Waals surface area contributed by atoms with Gasteiger partial charge in [0.25, 0.3) is 0 Å². The molecule has 2 heterocycles. The fraction of sp³-hybridized carbons (Fsp3) is 0.692. The lowest BCUT2D eigenvalue weighted by Gasteiger charge is -2.39. The molecular weight excluding hydrogens is 250 g/mol. The van der Waals surface area contributed by atoms with E-state index in [4.69, 9.17) is 11.6 Å². The Morgan fingerprint density at radius 2 is 2.06 bits per heavy atom. The number of carbonyl (C=O) groups is 1. The van der Waals surface area contributed by atoms with E-state index in [1.165, 1.54) is 6.42 Å². The summed E-state index contributed by atoms with van der Waals surface area (Å²) in [7, 11) is 0. The molecule has 18 heavy (non-hydrogen) atoms. The lowest BCUT2D eigenvalue weighted by molar-refractivity contribution is -0.138. The van der Waals surface area contributed by atoms with Crippen molar-refractivity contribution in [3.05, 3.63) is 16.9 Å². The highest BCUT2D eigenvalue weighted by molar-refractivity contribution is 6.31. The third-order valence-corrected chi connectivity index (χ3v) is 4.04. The van der Waals surface area contributed by atoms with Gasteiger partial charge < -0.3 is 4.90 Å². The number of nitrogens with zero attached hydrogens (tertiary/aromatic N) is 3. The van der Waals surface area contributed by atoms with Gasteiger partial charge in [-0.25, -0.2) is 0 Å². The Hall–Kier alpha value is -1.03. The van der Waals surface area contributed by atoms with Crippen molar-refractivity contribution in [1.29, 1.82) is 0 Å². The van der Waals surface area contributed by atoms with Crippen LogP contribution in [0.3, 0.4) is 0 Å². The van der Waals surface area contributed by atoms with Gasteiger partial charge in [0, 0.05) is 18.3 Å². The average Bonchev–Trinajstić information content (AvgIpc) is 2.57. The van der Waals surface area contributed by atoms with Crippen LogP contribution in [0.4, 0.5) is 0 Å². The first-order valence-electron chi connectivity index (χ1n) is 6.49. The van der Waals surface area contributed by atoms with Crippen molar-refractivity contribution in [2.45, 2.75) is 58.7 Å². The van der Waals surface area contributed by atoms with Crippen molar-refractivity contribution in [3.8, 4) is 0 Å². The first kappa shape index (κ1) is 13.4. The summed E-state index contributed by atoms with van der Waals surface area (Å²) < 4.78 is 1.63. The minimum Gasteiger partial charge on any atom is -0.336 e. The van der Waals surface area contributed by atoms with Gasteiger partial charge in [-0.15, -0.1) is 0 Å². The van der Waals surface area contributed by atoms with Gasteiger partial charge >= 0.3 is 0 Å². The van der Waals surface area contributed by atoms with Crippen molar-refractivity contribution in [2.75, 3.05) is 0 Å². The predicted octanol–water partition coefficient (Wildman–Crippen LogP) is 2.63. The SMILES string of the molecule is Cc1nn(CC(=O)N2[C@@H](C)CCC[C@@H]2C)cc1Cl. The maximum atomic E-state index is 12.3. The molecule has 100 valence electrons. The van der Waals surface area contributed by atoms with E-state index in [2.05, 4.69) is 18.9 Å². The zero-order chi connectivity index (χ0) is 13.3. The summed E-state index contributed by atoms with van der Waals surface area (Å²) in [5.41, 5.74) is 0.768. The minimum absolute atomic E-state index is 0.133. The molecule has 1 amide bonds. The summed E-state index contributed by atoms with van der Waals surface area (Å²) in [6, 6.07) is 0.654. The van der Waals surface area contributed by atoms with Crippen molar-refractivity contribution < 1.29 is 4.79 Å². The molecule has 0 aromatic carbocycles. The summed E-state index contributed by atoms with van der Waals surface area (Å²) in [6.07, 6.45) is 5.11. The van der Waals surface area contributed by atoms with Gasteiger partial charge in [0.1, 0.15) is 6.54 Å². The average molecular weight is 270 g/mol. The molecule has 4 nitrogen and oxygen atoms in total. The molecule has 0 unspecified atom stereocenters. The van der Waals surface area contributed by atoms with Gasteiger partial charge in [0.05, 0.1) is 10.7 Å². The van der Waals surface area contributed by atoms with Gasteiger partial charge in [0.2, 0.25) is 5.91 Å². The molecule has 1 aliphatic rings. The smallest absolute Gasteiger partial charge is 0.244 e. The van der Waals surface area contributed by atoms with Crippen LogP contribution in [0.1, 0.15) is 38.8 Å². The summed E-state index contributed by atoms with van der Waals surface area (Å²) in [6.45, 7) is 6.36. The quantitative estimate of drug-likeness (QED) is 0.828. The number of aryl methyl sites for hydroxylation is 1. The number of rotatable bonds is 2. The van der Waals surface area contributed by atoms with Crippen LogP contribution in [0, 0.1) is 6.92 Å². The zero-order valence-corrected chi connectivity index (χ0v) is 11.9. The molecular formula is C13H20ClN3O. The van der Waals surface area contributed by atoms with Crippen LogP contribution in [-0.4, -0.2) is 32.7 Å². The highest BCUT2D eigenvalue weighted by atomic mass is 35.5. The van der Waals surface area contributed by atoms with E-state index in [0.717, 1.165) is 18.5 Å². The van der Waals surface area contributed by atoms with Crippen LogP contribution in [-0.2, 0) is 11.3 Å². The van der Waals surface area contributed by atoms with Crippen LogP contribution in [0.2, 0.25) is 5.02 Å². The molecule has 0 spiro atoms. The second-order valence-corrected chi connectivity index (χ2v) is 5.60. The summed E-state index contributed by atoms with van der Waals surface area (Å²) >= 11 is 5.95. The molecule has 0 aliphatic carbocycles. The van der Waals surface area contributed by atoms with Crippen LogP contribution < -0.4 is 0 Å². The minimum atomic E-state index is 0.133. The fourth-order valence-electron chi connectivity index (χ4n) is 2.71.